The molecule has 1 rings (SSSR count). The van der Waals surface area contributed by atoms with Crippen LogP contribution >= 0.6 is 0 Å². The second-order valence-electron chi connectivity index (χ2n) is 5.02. The maximum Gasteiger partial charge on any atom is 0.139 e. The Kier molecular flexibility index (Phi) is 3.91. The van der Waals surface area contributed by atoms with Gasteiger partial charge >= 0.3 is 0 Å². The summed E-state index contributed by atoms with van der Waals surface area (Å²) in [7, 11) is 0. The first-order chi connectivity index (χ1) is 6.88. The second kappa shape index (κ2) is 4.79. The molecule has 0 radical (unpaired) electrons. The van der Waals surface area contributed by atoms with Gasteiger partial charge in [-0.25, -0.2) is 0 Å². The minimum Gasteiger partial charge on any atom is -0.342 e. The molecule has 1 atom stereocenters. The van der Waals surface area contributed by atoms with Crippen LogP contribution in [-0.2, 0) is 14.6 Å². The van der Waals surface area contributed by atoms with Crippen LogP contribution in [0.5, 0.6) is 0 Å². The van der Waals surface area contributed by atoms with E-state index >= 15 is 0 Å². The van der Waals surface area contributed by atoms with Gasteiger partial charge in [0.2, 0.25) is 0 Å². The Bertz CT molecular complexity index is 261. The van der Waals surface area contributed by atoms with Gasteiger partial charge in [0.25, 0.3) is 0 Å². The summed E-state index contributed by atoms with van der Waals surface area (Å²) in [6, 6.07) is 0. The van der Waals surface area contributed by atoms with Gasteiger partial charge in [0.15, 0.2) is 0 Å². The molecule has 15 heavy (non-hydrogen) atoms. The Morgan fingerprint density at radius 1 is 1.47 bits per heavy atom. The zero-order chi connectivity index (χ0) is 11.5. The van der Waals surface area contributed by atoms with Crippen LogP contribution in [0, 0.1) is 5.92 Å². The van der Waals surface area contributed by atoms with Gasteiger partial charge in [-0.15, -0.1) is 0 Å². The van der Waals surface area contributed by atoms with Gasteiger partial charge < -0.3 is 4.89 Å². The van der Waals surface area contributed by atoms with Crippen LogP contribution < -0.4 is 0 Å². The molecule has 0 saturated carbocycles. The molecule has 0 spiro atoms. The van der Waals surface area contributed by atoms with Crippen molar-refractivity contribution in [3.8, 4) is 0 Å². The third-order valence-electron chi connectivity index (χ3n) is 2.25. The molecule has 1 aliphatic rings. The fraction of sp³-hybridized carbons (Fsp3) is 0.750. The summed E-state index contributed by atoms with van der Waals surface area (Å²) in [5, 5.41) is 0. The first-order valence-corrected chi connectivity index (χ1v) is 5.45. The van der Waals surface area contributed by atoms with Crippen molar-refractivity contribution in [1.82, 2.24) is 0 Å². The monoisotopic (exact) mass is 212 g/mol. The minimum atomic E-state index is -0.315. The third-order valence-corrected chi connectivity index (χ3v) is 2.25. The van der Waals surface area contributed by atoms with Crippen molar-refractivity contribution in [3.05, 3.63) is 11.8 Å². The maximum atomic E-state index is 11.2. The summed E-state index contributed by atoms with van der Waals surface area (Å²) in [5.41, 5.74) is -0.315. The lowest BCUT2D eigenvalue weighted by atomic mass is 9.92. The molecule has 3 heteroatoms. The number of Topliss-reactive ketones (excluding diaryl/α,β-unsaturated/α-hetero) is 1. The van der Waals surface area contributed by atoms with Gasteiger partial charge in [-0.05, 0) is 46.6 Å². The van der Waals surface area contributed by atoms with Crippen molar-refractivity contribution in [2.45, 2.75) is 52.6 Å². The van der Waals surface area contributed by atoms with E-state index in [1.165, 1.54) is 0 Å². The highest BCUT2D eigenvalue weighted by Gasteiger charge is 2.20. The standard InChI is InChI=1S/C12H20O3/c1-9(13)10-6-5-7-11(8-10)14-15-12(2,3)4/h8,10H,5-7H2,1-4H3. The lowest BCUT2D eigenvalue weighted by Gasteiger charge is -2.22. The van der Waals surface area contributed by atoms with Crippen LogP contribution in [-0.4, -0.2) is 11.4 Å². The van der Waals surface area contributed by atoms with E-state index in [1.807, 2.05) is 26.8 Å². The van der Waals surface area contributed by atoms with E-state index in [0.29, 0.717) is 0 Å². The molecule has 0 bridgehead atoms. The van der Waals surface area contributed by atoms with Crippen LogP contribution in [0.4, 0.5) is 0 Å². The second-order valence-corrected chi connectivity index (χ2v) is 5.02. The first-order valence-electron chi connectivity index (χ1n) is 5.45. The van der Waals surface area contributed by atoms with E-state index in [0.717, 1.165) is 25.0 Å². The Balaban J connectivity index is 2.51. The lowest BCUT2D eigenvalue weighted by Crippen LogP contribution is -2.21. The normalized spacial score (nSPS) is 22.1. The average molecular weight is 212 g/mol. The van der Waals surface area contributed by atoms with Gasteiger partial charge in [-0.1, -0.05) is 0 Å². The maximum absolute atomic E-state index is 11.2. The van der Waals surface area contributed by atoms with Gasteiger partial charge in [0, 0.05) is 12.3 Å². The first kappa shape index (κ1) is 12.2. The molecule has 0 aliphatic heterocycles. The summed E-state index contributed by atoms with van der Waals surface area (Å²) < 4.78 is 0. The Morgan fingerprint density at radius 2 is 2.13 bits per heavy atom. The molecular weight excluding hydrogens is 192 g/mol. The number of carbonyl (C=O) groups excluding carboxylic acids is 1. The SMILES string of the molecule is CC(=O)C1C=C(OOC(C)(C)C)CCC1. The minimum absolute atomic E-state index is 0.0114. The number of allylic oxidation sites excluding steroid dienone is 2. The molecule has 0 saturated heterocycles. The molecule has 0 aromatic rings. The summed E-state index contributed by atoms with van der Waals surface area (Å²) in [6.45, 7) is 7.41. The molecule has 0 fully saturated rings. The Labute approximate surface area is 91.4 Å². The van der Waals surface area contributed by atoms with Crippen LogP contribution in [0.1, 0.15) is 47.0 Å². The van der Waals surface area contributed by atoms with Crippen LogP contribution in [0.3, 0.4) is 0 Å². The van der Waals surface area contributed by atoms with E-state index in [1.54, 1.807) is 6.92 Å². The topological polar surface area (TPSA) is 35.5 Å². The zero-order valence-corrected chi connectivity index (χ0v) is 10.0. The van der Waals surface area contributed by atoms with Crippen molar-refractivity contribution >= 4 is 5.78 Å². The van der Waals surface area contributed by atoms with E-state index in [2.05, 4.69) is 0 Å². The van der Waals surface area contributed by atoms with Crippen molar-refractivity contribution in [1.29, 1.82) is 0 Å². The highest BCUT2D eigenvalue weighted by molar-refractivity contribution is 5.80. The Hall–Kier alpha value is -0.830. The predicted molar refractivity (Wildman–Crippen MR) is 58.0 cm³/mol. The molecule has 0 aromatic carbocycles. The summed E-state index contributed by atoms with van der Waals surface area (Å²) in [4.78, 5) is 21.7. The highest BCUT2D eigenvalue weighted by atomic mass is 17.2. The average Bonchev–Trinajstić information content (AvgIpc) is 2.14. The van der Waals surface area contributed by atoms with Gasteiger partial charge in [-0.3, -0.25) is 4.79 Å². The molecule has 0 N–H and O–H groups in total. The quantitative estimate of drug-likeness (QED) is 0.533. The van der Waals surface area contributed by atoms with Crippen LogP contribution in [0.2, 0.25) is 0 Å². The van der Waals surface area contributed by atoms with E-state index in [9.17, 15) is 4.79 Å². The fourth-order valence-electron chi connectivity index (χ4n) is 1.46. The van der Waals surface area contributed by atoms with Gasteiger partial charge in [0.05, 0.1) is 0 Å². The van der Waals surface area contributed by atoms with Crippen molar-refractivity contribution in [3.63, 3.8) is 0 Å². The lowest BCUT2D eigenvalue weighted by molar-refractivity contribution is -0.323. The molecule has 1 aliphatic carbocycles. The number of rotatable bonds is 3. The molecular formula is C12H20O3. The Morgan fingerprint density at radius 3 is 2.67 bits per heavy atom. The van der Waals surface area contributed by atoms with Crippen molar-refractivity contribution in [2.75, 3.05) is 0 Å². The largest absolute Gasteiger partial charge is 0.342 e. The van der Waals surface area contributed by atoms with Gasteiger partial charge in [-0.2, -0.15) is 4.89 Å². The number of carbonyl (C=O) groups is 1. The van der Waals surface area contributed by atoms with E-state index in [4.69, 9.17) is 9.78 Å². The van der Waals surface area contributed by atoms with Crippen LogP contribution in [0.15, 0.2) is 11.8 Å². The molecule has 1 unspecified atom stereocenters. The smallest absolute Gasteiger partial charge is 0.139 e. The van der Waals surface area contributed by atoms with E-state index < -0.39 is 0 Å². The van der Waals surface area contributed by atoms with Gasteiger partial charge in [0.1, 0.15) is 17.1 Å². The fourth-order valence-corrected chi connectivity index (χ4v) is 1.46. The highest BCUT2D eigenvalue weighted by Crippen LogP contribution is 2.25. The van der Waals surface area contributed by atoms with Crippen LogP contribution in [0.25, 0.3) is 0 Å². The zero-order valence-electron chi connectivity index (χ0n) is 10.0. The van der Waals surface area contributed by atoms with Crippen molar-refractivity contribution in [2.24, 2.45) is 5.92 Å². The predicted octanol–water partition coefficient (Wildman–Crippen LogP) is 3.01. The molecule has 3 nitrogen and oxygen atoms in total. The number of hydrogen-bond acceptors (Lipinski definition) is 3. The summed E-state index contributed by atoms with van der Waals surface area (Å²) >= 11 is 0. The summed E-state index contributed by atoms with van der Waals surface area (Å²) in [6.07, 6.45) is 4.67. The third kappa shape index (κ3) is 4.47. The number of hydrogen-bond donors (Lipinski definition) is 0. The number of ketones is 1. The molecule has 86 valence electrons. The molecule has 0 amide bonds. The van der Waals surface area contributed by atoms with E-state index in [-0.39, 0.29) is 17.3 Å². The molecule has 0 heterocycles. The molecule has 0 aromatic heterocycles. The van der Waals surface area contributed by atoms with Crippen molar-refractivity contribution < 1.29 is 14.6 Å². The summed E-state index contributed by atoms with van der Waals surface area (Å²) in [5.74, 6) is 1.00.